The molecule has 2 aliphatic rings. The van der Waals surface area contributed by atoms with Crippen molar-refractivity contribution >= 4 is 0 Å². The van der Waals surface area contributed by atoms with Crippen molar-refractivity contribution in [3.05, 3.63) is 0 Å². The van der Waals surface area contributed by atoms with Gasteiger partial charge in [0, 0.05) is 51.9 Å². The van der Waals surface area contributed by atoms with Gasteiger partial charge in [0.1, 0.15) is 0 Å². The summed E-state index contributed by atoms with van der Waals surface area (Å²) in [5.41, 5.74) is 0. The molecule has 2 aliphatic heterocycles. The van der Waals surface area contributed by atoms with Gasteiger partial charge in [0.2, 0.25) is 0 Å². The monoisotopic (exact) mass is 215 g/mol. The van der Waals surface area contributed by atoms with E-state index in [1.807, 2.05) is 5.01 Å². The summed E-state index contributed by atoms with van der Waals surface area (Å²) in [5.74, 6) is 5.65. The zero-order chi connectivity index (χ0) is 11.1. The maximum absolute atomic E-state index is 5.65. The van der Waals surface area contributed by atoms with Gasteiger partial charge in [-0.15, -0.1) is 0 Å². The first-order chi connectivity index (χ1) is 7.20. The SMILES string of the molecule is C1CNCCN1.CC1CN(C)CCN1N. The van der Waals surface area contributed by atoms with Crippen LogP contribution in [0.25, 0.3) is 0 Å². The Kier molecular flexibility index (Phi) is 6.12. The Hall–Kier alpha value is -0.200. The van der Waals surface area contributed by atoms with Crippen LogP contribution in [0.5, 0.6) is 0 Å². The van der Waals surface area contributed by atoms with Crippen LogP contribution in [0.4, 0.5) is 0 Å². The van der Waals surface area contributed by atoms with Gasteiger partial charge in [-0.1, -0.05) is 0 Å². The van der Waals surface area contributed by atoms with E-state index in [4.69, 9.17) is 5.84 Å². The highest BCUT2D eigenvalue weighted by Crippen LogP contribution is 2.01. The molecule has 0 aromatic rings. The van der Waals surface area contributed by atoms with Crippen LogP contribution >= 0.6 is 0 Å². The Bertz CT molecular complexity index is 148. The average molecular weight is 215 g/mol. The topological polar surface area (TPSA) is 56.6 Å². The molecule has 0 bridgehead atoms. The van der Waals surface area contributed by atoms with Gasteiger partial charge in [-0.25, -0.2) is 5.01 Å². The molecule has 2 rings (SSSR count). The van der Waals surface area contributed by atoms with Crippen LogP contribution in [-0.4, -0.2) is 68.8 Å². The van der Waals surface area contributed by atoms with Gasteiger partial charge >= 0.3 is 0 Å². The number of hydrogen-bond donors (Lipinski definition) is 3. The van der Waals surface area contributed by atoms with Gasteiger partial charge in [-0.05, 0) is 14.0 Å². The van der Waals surface area contributed by atoms with Crippen LogP contribution in [-0.2, 0) is 0 Å². The fourth-order valence-corrected chi connectivity index (χ4v) is 1.76. The average Bonchev–Trinajstić information content (AvgIpc) is 2.27. The van der Waals surface area contributed by atoms with Crippen LogP contribution in [0, 0.1) is 0 Å². The van der Waals surface area contributed by atoms with E-state index in [1.165, 1.54) is 0 Å². The van der Waals surface area contributed by atoms with Crippen molar-refractivity contribution in [3.8, 4) is 0 Å². The molecule has 2 heterocycles. The van der Waals surface area contributed by atoms with E-state index in [0.29, 0.717) is 6.04 Å². The van der Waals surface area contributed by atoms with E-state index >= 15 is 0 Å². The number of hydrazine groups is 1. The summed E-state index contributed by atoms with van der Waals surface area (Å²) in [6, 6.07) is 0.517. The number of rotatable bonds is 0. The van der Waals surface area contributed by atoms with Crippen LogP contribution in [0.15, 0.2) is 0 Å². The van der Waals surface area contributed by atoms with Crippen molar-refractivity contribution in [2.45, 2.75) is 13.0 Å². The van der Waals surface area contributed by atoms with Crippen molar-refractivity contribution < 1.29 is 0 Å². The molecule has 0 spiro atoms. The summed E-state index contributed by atoms with van der Waals surface area (Å²) in [6.07, 6.45) is 0. The van der Waals surface area contributed by atoms with Crippen molar-refractivity contribution in [1.29, 1.82) is 0 Å². The second-order valence-electron chi connectivity index (χ2n) is 4.35. The molecule has 0 amide bonds. The minimum Gasteiger partial charge on any atom is -0.314 e. The Labute approximate surface area is 92.9 Å². The van der Waals surface area contributed by atoms with E-state index in [9.17, 15) is 0 Å². The summed E-state index contributed by atoms with van der Waals surface area (Å²) >= 11 is 0. The summed E-state index contributed by atoms with van der Waals surface area (Å²) in [7, 11) is 2.13. The molecule has 2 saturated heterocycles. The van der Waals surface area contributed by atoms with Gasteiger partial charge in [0.05, 0.1) is 0 Å². The highest BCUT2D eigenvalue weighted by atomic mass is 15.4. The third-order valence-corrected chi connectivity index (χ3v) is 2.84. The molecule has 1 atom stereocenters. The first kappa shape index (κ1) is 12.9. The van der Waals surface area contributed by atoms with Crippen LogP contribution < -0.4 is 16.5 Å². The molecule has 5 heteroatoms. The zero-order valence-corrected chi connectivity index (χ0v) is 10.00. The van der Waals surface area contributed by atoms with Crippen LogP contribution in [0.2, 0.25) is 0 Å². The minimum absolute atomic E-state index is 0.517. The molecule has 0 aromatic carbocycles. The van der Waals surface area contributed by atoms with E-state index < -0.39 is 0 Å². The lowest BCUT2D eigenvalue weighted by molar-refractivity contribution is 0.101. The molecule has 0 radical (unpaired) electrons. The third-order valence-electron chi connectivity index (χ3n) is 2.84. The Balaban J connectivity index is 0.000000162. The number of nitrogens with one attached hydrogen (secondary N) is 2. The number of piperazine rings is 2. The molecule has 0 aliphatic carbocycles. The second-order valence-corrected chi connectivity index (χ2v) is 4.35. The molecular weight excluding hydrogens is 190 g/mol. The number of likely N-dealkylation sites (N-methyl/N-ethyl adjacent to an activating group) is 1. The van der Waals surface area contributed by atoms with Crippen molar-refractivity contribution in [2.24, 2.45) is 5.84 Å². The van der Waals surface area contributed by atoms with E-state index in [2.05, 4.69) is 29.5 Å². The van der Waals surface area contributed by atoms with Crippen LogP contribution in [0.1, 0.15) is 6.92 Å². The maximum Gasteiger partial charge on any atom is 0.0340 e. The van der Waals surface area contributed by atoms with Crippen molar-refractivity contribution in [2.75, 3.05) is 52.9 Å². The summed E-state index contributed by atoms with van der Waals surface area (Å²) in [5, 5.41) is 8.35. The smallest absolute Gasteiger partial charge is 0.0340 e. The predicted molar refractivity (Wildman–Crippen MR) is 63.6 cm³/mol. The van der Waals surface area contributed by atoms with Gasteiger partial charge < -0.3 is 15.5 Å². The van der Waals surface area contributed by atoms with Crippen molar-refractivity contribution in [3.63, 3.8) is 0 Å². The van der Waals surface area contributed by atoms with Crippen LogP contribution in [0.3, 0.4) is 0 Å². The Morgan fingerprint density at radius 2 is 1.60 bits per heavy atom. The molecule has 2 fully saturated rings. The quantitative estimate of drug-likeness (QED) is 0.437. The van der Waals surface area contributed by atoms with Crippen molar-refractivity contribution in [1.82, 2.24) is 20.5 Å². The second kappa shape index (κ2) is 7.14. The standard InChI is InChI=1S/C6H15N3.C4H10N2/c1-6-5-8(2)3-4-9(6)7;1-2-6-4-3-5-1/h6H,3-5,7H2,1-2H3;5-6H,1-4H2. The number of hydrogen-bond acceptors (Lipinski definition) is 5. The molecule has 4 N–H and O–H groups in total. The lowest BCUT2D eigenvalue weighted by atomic mass is 10.2. The third kappa shape index (κ3) is 5.44. The lowest BCUT2D eigenvalue weighted by Gasteiger charge is -2.34. The van der Waals surface area contributed by atoms with Gasteiger partial charge in [-0.3, -0.25) is 5.84 Å². The summed E-state index contributed by atoms with van der Waals surface area (Å²) in [4.78, 5) is 2.30. The molecule has 90 valence electrons. The number of nitrogens with zero attached hydrogens (tertiary/aromatic N) is 2. The number of nitrogens with two attached hydrogens (primary N) is 1. The van der Waals surface area contributed by atoms with E-state index in [1.54, 1.807) is 0 Å². The fraction of sp³-hybridized carbons (Fsp3) is 1.00. The molecule has 5 nitrogen and oxygen atoms in total. The van der Waals surface area contributed by atoms with Gasteiger partial charge in [-0.2, -0.15) is 0 Å². The predicted octanol–water partition coefficient (Wildman–Crippen LogP) is -1.32. The molecule has 0 aromatic heterocycles. The molecule has 1 unspecified atom stereocenters. The maximum atomic E-state index is 5.65. The largest absolute Gasteiger partial charge is 0.314 e. The van der Waals surface area contributed by atoms with Gasteiger partial charge in [0.15, 0.2) is 0 Å². The fourth-order valence-electron chi connectivity index (χ4n) is 1.76. The lowest BCUT2D eigenvalue weighted by Crippen LogP contribution is -2.53. The molecule has 15 heavy (non-hydrogen) atoms. The molecular formula is C10H25N5. The summed E-state index contributed by atoms with van der Waals surface area (Å²) in [6.45, 7) is 9.89. The Morgan fingerprint density at radius 1 is 1.07 bits per heavy atom. The zero-order valence-electron chi connectivity index (χ0n) is 10.00. The molecule has 0 saturated carbocycles. The highest BCUT2D eigenvalue weighted by molar-refractivity contribution is 4.72. The minimum atomic E-state index is 0.517. The summed E-state index contributed by atoms with van der Waals surface area (Å²) < 4.78 is 0. The van der Waals surface area contributed by atoms with E-state index in [-0.39, 0.29) is 0 Å². The highest BCUT2D eigenvalue weighted by Gasteiger charge is 2.17. The Morgan fingerprint density at radius 3 is 1.93 bits per heavy atom. The van der Waals surface area contributed by atoms with Gasteiger partial charge in [0.25, 0.3) is 0 Å². The normalized spacial score (nSPS) is 29.4. The van der Waals surface area contributed by atoms with E-state index in [0.717, 1.165) is 45.8 Å². The first-order valence-electron chi connectivity index (χ1n) is 5.81. The first-order valence-corrected chi connectivity index (χ1v) is 5.81.